The molecule has 0 aromatic rings. The van der Waals surface area contributed by atoms with Gasteiger partial charge in [-0.25, -0.2) is 0 Å². The smallest absolute Gasteiger partial charge is 0.290 e. The van der Waals surface area contributed by atoms with Crippen molar-refractivity contribution in [1.82, 2.24) is 0 Å². The lowest BCUT2D eigenvalue weighted by Gasteiger charge is -2.31. The van der Waals surface area contributed by atoms with Crippen LogP contribution in [0.15, 0.2) is 0 Å². The van der Waals surface area contributed by atoms with E-state index in [4.69, 9.17) is 0 Å². The molecule has 0 spiro atoms. The predicted octanol–water partition coefficient (Wildman–Crippen LogP) is 0.980. The molecule has 0 radical (unpaired) electrons. The van der Waals surface area contributed by atoms with Gasteiger partial charge in [0.1, 0.15) is 0 Å². The molecule has 15 heavy (non-hydrogen) atoms. The Morgan fingerprint density at radius 2 is 1.67 bits per heavy atom. The minimum Gasteiger partial charge on any atom is -0.290 e. The lowest BCUT2D eigenvalue weighted by atomic mass is 9.68. The van der Waals surface area contributed by atoms with Crippen LogP contribution in [0.1, 0.15) is 33.6 Å². The molecule has 0 heterocycles. The number of hydrogen-bond acceptors (Lipinski definition) is 4. The molecule has 0 N–H and O–H groups in total. The highest BCUT2D eigenvalue weighted by atomic mass is 16.6. The van der Waals surface area contributed by atoms with Gasteiger partial charge in [0, 0.05) is 16.8 Å². The molecule has 2 bridgehead atoms. The molecule has 2 atom stereocenters. The second kappa shape index (κ2) is 2.28. The maximum atomic E-state index is 11.8. The molecule has 5 nitrogen and oxygen atoms in total. The summed E-state index contributed by atoms with van der Waals surface area (Å²) in [7, 11) is 0. The molecular weight excluding hydrogens is 198 g/mol. The molecular formula is C10H13NO4. The number of fused-ring (bicyclic) bond motifs is 2. The molecule has 0 aromatic carbocycles. The second-order valence-corrected chi connectivity index (χ2v) is 5.23. The van der Waals surface area contributed by atoms with Crippen LogP contribution in [0.3, 0.4) is 0 Å². The zero-order valence-electron chi connectivity index (χ0n) is 8.99. The van der Waals surface area contributed by atoms with Crippen LogP contribution in [0.2, 0.25) is 0 Å². The topological polar surface area (TPSA) is 77.3 Å². The molecule has 0 saturated heterocycles. The molecule has 0 amide bonds. The zero-order chi connectivity index (χ0) is 11.6. The summed E-state index contributed by atoms with van der Waals surface area (Å²) in [5.41, 5.74) is -3.40. The standard InChI is InChI=1S/C10H13NO4/c1-8(2)9(3)4-5-10(8,11(14)15)7(13)6(9)12/h4-5H2,1-3H3. The van der Waals surface area contributed by atoms with Gasteiger partial charge >= 0.3 is 0 Å². The summed E-state index contributed by atoms with van der Waals surface area (Å²) in [6.07, 6.45) is 0.625. The fraction of sp³-hybridized carbons (Fsp3) is 0.800. The van der Waals surface area contributed by atoms with Gasteiger partial charge in [-0.1, -0.05) is 20.8 Å². The van der Waals surface area contributed by atoms with Gasteiger partial charge in [-0.3, -0.25) is 19.7 Å². The van der Waals surface area contributed by atoms with Crippen molar-refractivity contribution in [2.24, 2.45) is 10.8 Å². The molecule has 82 valence electrons. The fourth-order valence-electron chi connectivity index (χ4n) is 3.15. The fourth-order valence-corrected chi connectivity index (χ4v) is 3.15. The van der Waals surface area contributed by atoms with E-state index in [2.05, 4.69) is 0 Å². The highest BCUT2D eigenvalue weighted by Gasteiger charge is 2.82. The Morgan fingerprint density at radius 1 is 1.13 bits per heavy atom. The van der Waals surface area contributed by atoms with Crippen molar-refractivity contribution in [3.63, 3.8) is 0 Å². The molecule has 2 rings (SSSR count). The van der Waals surface area contributed by atoms with E-state index >= 15 is 0 Å². The van der Waals surface area contributed by atoms with Gasteiger partial charge in [-0.2, -0.15) is 0 Å². The van der Waals surface area contributed by atoms with Crippen molar-refractivity contribution in [1.29, 1.82) is 0 Å². The van der Waals surface area contributed by atoms with Crippen molar-refractivity contribution in [2.45, 2.75) is 39.2 Å². The monoisotopic (exact) mass is 211 g/mol. The first-order valence-corrected chi connectivity index (χ1v) is 4.95. The molecule has 2 fully saturated rings. The Balaban J connectivity index is 2.73. The first-order chi connectivity index (χ1) is 6.72. The number of hydrogen-bond donors (Lipinski definition) is 0. The van der Waals surface area contributed by atoms with Gasteiger partial charge in [-0.05, 0) is 6.42 Å². The average Bonchev–Trinajstić information content (AvgIpc) is 2.39. The molecule has 5 heteroatoms. The number of ketones is 2. The van der Waals surface area contributed by atoms with Crippen LogP contribution >= 0.6 is 0 Å². The number of rotatable bonds is 1. The van der Waals surface area contributed by atoms with Gasteiger partial charge in [0.15, 0.2) is 0 Å². The van der Waals surface area contributed by atoms with Crippen LogP contribution in [0.25, 0.3) is 0 Å². The number of nitro groups is 1. The van der Waals surface area contributed by atoms with E-state index in [1.165, 1.54) is 0 Å². The first kappa shape index (κ1) is 10.3. The minimum atomic E-state index is -1.67. The van der Waals surface area contributed by atoms with E-state index in [0.717, 1.165) is 0 Å². The highest BCUT2D eigenvalue weighted by molar-refractivity contribution is 6.45. The Kier molecular flexibility index (Phi) is 1.56. The van der Waals surface area contributed by atoms with Crippen LogP contribution in [-0.4, -0.2) is 22.0 Å². The summed E-state index contributed by atoms with van der Waals surface area (Å²) in [4.78, 5) is 34.1. The van der Waals surface area contributed by atoms with E-state index in [1.54, 1.807) is 20.8 Å². The third kappa shape index (κ3) is 0.702. The summed E-state index contributed by atoms with van der Waals surface area (Å²) < 4.78 is 0. The van der Waals surface area contributed by atoms with Crippen LogP contribution in [-0.2, 0) is 9.59 Å². The van der Waals surface area contributed by atoms with Crippen molar-refractivity contribution in [2.75, 3.05) is 0 Å². The van der Waals surface area contributed by atoms with E-state index in [1.807, 2.05) is 0 Å². The summed E-state index contributed by atoms with van der Waals surface area (Å²) in [6, 6.07) is 0. The third-order valence-corrected chi connectivity index (χ3v) is 4.79. The lowest BCUT2D eigenvalue weighted by Crippen LogP contribution is -2.51. The Hall–Kier alpha value is -1.26. The van der Waals surface area contributed by atoms with Gasteiger partial charge in [0.05, 0.1) is 5.41 Å². The quantitative estimate of drug-likeness (QED) is 0.368. The van der Waals surface area contributed by atoms with E-state index in [0.29, 0.717) is 6.42 Å². The maximum Gasteiger partial charge on any atom is 0.292 e. The van der Waals surface area contributed by atoms with Crippen LogP contribution in [0.5, 0.6) is 0 Å². The summed E-state index contributed by atoms with van der Waals surface area (Å²) in [5.74, 6) is -1.36. The van der Waals surface area contributed by atoms with Gasteiger partial charge < -0.3 is 0 Å². The third-order valence-electron chi connectivity index (χ3n) is 4.79. The normalized spacial score (nSPS) is 42.3. The molecule has 2 aliphatic carbocycles. The van der Waals surface area contributed by atoms with Crippen molar-refractivity contribution in [3.8, 4) is 0 Å². The maximum absolute atomic E-state index is 11.8. The minimum absolute atomic E-state index is 0.189. The molecule has 2 aliphatic rings. The second-order valence-electron chi connectivity index (χ2n) is 5.23. The van der Waals surface area contributed by atoms with Gasteiger partial charge in [-0.15, -0.1) is 0 Å². The van der Waals surface area contributed by atoms with Crippen molar-refractivity contribution >= 4 is 11.6 Å². The average molecular weight is 211 g/mol. The van der Waals surface area contributed by atoms with E-state index in [-0.39, 0.29) is 6.42 Å². The summed E-state index contributed by atoms with van der Waals surface area (Å²) in [5, 5.41) is 11.1. The lowest BCUT2D eigenvalue weighted by molar-refractivity contribution is -0.566. The Morgan fingerprint density at radius 3 is 1.93 bits per heavy atom. The molecule has 2 saturated carbocycles. The summed E-state index contributed by atoms with van der Waals surface area (Å²) >= 11 is 0. The number of nitrogens with zero attached hydrogens (tertiary/aromatic N) is 1. The zero-order valence-corrected chi connectivity index (χ0v) is 8.99. The first-order valence-electron chi connectivity index (χ1n) is 4.95. The molecule has 0 aliphatic heterocycles. The Bertz CT molecular complexity index is 400. The predicted molar refractivity (Wildman–Crippen MR) is 50.9 cm³/mol. The van der Waals surface area contributed by atoms with E-state index in [9.17, 15) is 19.7 Å². The van der Waals surface area contributed by atoms with Crippen LogP contribution in [0.4, 0.5) is 0 Å². The molecule has 0 aromatic heterocycles. The van der Waals surface area contributed by atoms with Gasteiger partial charge in [0.25, 0.3) is 11.3 Å². The largest absolute Gasteiger partial charge is 0.292 e. The number of carbonyl (C=O) groups is 2. The number of carbonyl (C=O) groups excluding carboxylic acids is 2. The Labute approximate surface area is 87.0 Å². The summed E-state index contributed by atoms with van der Waals surface area (Å²) in [6.45, 7) is 4.99. The van der Waals surface area contributed by atoms with Crippen molar-refractivity contribution in [3.05, 3.63) is 10.1 Å². The van der Waals surface area contributed by atoms with Crippen LogP contribution < -0.4 is 0 Å². The SMILES string of the molecule is CC12CCC([N+](=O)[O-])(C(=O)C1=O)C2(C)C. The van der Waals surface area contributed by atoms with Crippen LogP contribution in [0, 0.1) is 20.9 Å². The number of Topliss-reactive ketones (excluding diaryl/α,β-unsaturated/α-hetero) is 2. The van der Waals surface area contributed by atoms with E-state index < -0.39 is 32.9 Å². The van der Waals surface area contributed by atoms with Gasteiger partial charge in [0.2, 0.25) is 5.78 Å². The molecule has 2 unspecified atom stereocenters. The van der Waals surface area contributed by atoms with Crippen molar-refractivity contribution < 1.29 is 14.5 Å². The highest BCUT2D eigenvalue weighted by Crippen LogP contribution is 2.65.